The Morgan fingerprint density at radius 1 is 1.47 bits per heavy atom. The van der Waals surface area contributed by atoms with Gasteiger partial charge in [0.2, 0.25) is 5.91 Å². The zero-order valence-electron chi connectivity index (χ0n) is 11.1. The number of benzene rings is 1. The van der Waals surface area contributed by atoms with Crippen LogP contribution in [0.2, 0.25) is 0 Å². The van der Waals surface area contributed by atoms with E-state index in [9.17, 15) is 13.6 Å². The lowest BCUT2D eigenvalue weighted by atomic mass is 10.1. The molecule has 2 rings (SSSR count). The van der Waals surface area contributed by atoms with Crippen molar-refractivity contribution < 1.29 is 13.6 Å². The second-order valence-electron chi connectivity index (χ2n) is 4.94. The second-order valence-corrected chi connectivity index (χ2v) is 4.94. The molecule has 0 saturated heterocycles. The van der Waals surface area contributed by atoms with Gasteiger partial charge in [0.1, 0.15) is 11.6 Å². The van der Waals surface area contributed by atoms with Gasteiger partial charge in [-0.2, -0.15) is 0 Å². The summed E-state index contributed by atoms with van der Waals surface area (Å²) in [6.45, 7) is 1.97. The lowest BCUT2D eigenvalue weighted by Gasteiger charge is -2.26. The van der Waals surface area contributed by atoms with Gasteiger partial charge in [-0.05, 0) is 32.9 Å². The Kier molecular flexibility index (Phi) is 4.14. The highest BCUT2D eigenvalue weighted by Gasteiger charge is 2.34. The number of likely N-dealkylation sites (N-methyl/N-ethyl adjacent to an activating group) is 1. The molecule has 0 radical (unpaired) electrons. The molecule has 0 spiro atoms. The van der Waals surface area contributed by atoms with Gasteiger partial charge in [-0.1, -0.05) is 6.07 Å². The smallest absolute Gasteiger partial charge is 0.239 e. The molecular formula is C14H18F2N2O. The van der Waals surface area contributed by atoms with Crippen LogP contribution in [0.5, 0.6) is 0 Å². The van der Waals surface area contributed by atoms with Gasteiger partial charge in [-0.15, -0.1) is 0 Å². The summed E-state index contributed by atoms with van der Waals surface area (Å²) >= 11 is 0. The Balaban J connectivity index is 2.14. The van der Waals surface area contributed by atoms with Crippen molar-refractivity contribution >= 4 is 5.91 Å². The highest BCUT2D eigenvalue weighted by molar-refractivity contribution is 5.82. The SMILES string of the molecule is CNC(C)C(=O)N(Cc1ccc(F)cc1F)C1CC1. The first-order chi connectivity index (χ1) is 9.02. The van der Waals surface area contributed by atoms with Crippen molar-refractivity contribution in [2.45, 2.75) is 38.4 Å². The first kappa shape index (κ1) is 13.9. The van der Waals surface area contributed by atoms with Gasteiger partial charge >= 0.3 is 0 Å². The Bertz CT molecular complexity index is 475. The Morgan fingerprint density at radius 2 is 2.16 bits per heavy atom. The molecule has 3 nitrogen and oxygen atoms in total. The van der Waals surface area contributed by atoms with Crippen LogP contribution >= 0.6 is 0 Å². The maximum atomic E-state index is 13.6. The van der Waals surface area contributed by atoms with E-state index in [-0.39, 0.29) is 24.5 Å². The van der Waals surface area contributed by atoms with Crippen molar-refractivity contribution in [1.82, 2.24) is 10.2 Å². The highest BCUT2D eigenvalue weighted by Crippen LogP contribution is 2.29. The van der Waals surface area contributed by atoms with Crippen LogP contribution in [0, 0.1) is 11.6 Å². The van der Waals surface area contributed by atoms with Gasteiger partial charge in [0.05, 0.1) is 6.04 Å². The van der Waals surface area contributed by atoms with Crippen LogP contribution in [-0.4, -0.2) is 29.9 Å². The van der Waals surface area contributed by atoms with Crippen LogP contribution in [0.3, 0.4) is 0 Å². The predicted molar refractivity (Wildman–Crippen MR) is 68.5 cm³/mol. The summed E-state index contributed by atoms with van der Waals surface area (Å²) in [5.41, 5.74) is 0.352. The lowest BCUT2D eigenvalue weighted by molar-refractivity contribution is -0.134. The monoisotopic (exact) mass is 268 g/mol. The van der Waals surface area contributed by atoms with Gasteiger partial charge in [0, 0.05) is 24.2 Å². The molecule has 1 fully saturated rings. The molecule has 1 aliphatic carbocycles. The first-order valence-corrected chi connectivity index (χ1v) is 6.44. The molecule has 0 heterocycles. The maximum absolute atomic E-state index is 13.6. The van der Waals surface area contributed by atoms with Gasteiger partial charge in [-0.25, -0.2) is 8.78 Å². The average Bonchev–Trinajstić information content (AvgIpc) is 3.20. The average molecular weight is 268 g/mol. The summed E-state index contributed by atoms with van der Waals surface area (Å²) < 4.78 is 26.5. The van der Waals surface area contributed by atoms with Crippen LogP contribution in [-0.2, 0) is 11.3 Å². The van der Waals surface area contributed by atoms with E-state index in [1.807, 2.05) is 0 Å². The molecule has 1 aliphatic rings. The number of nitrogens with zero attached hydrogens (tertiary/aromatic N) is 1. The molecule has 1 amide bonds. The highest BCUT2D eigenvalue weighted by atomic mass is 19.1. The van der Waals surface area contributed by atoms with E-state index in [1.54, 1.807) is 18.9 Å². The minimum atomic E-state index is -0.603. The normalized spacial score (nSPS) is 16.2. The van der Waals surface area contributed by atoms with Crippen LogP contribution in [0.1, 0.15) is 25.3 Å². The number of rotatable bonds is 5. The molecule has 5 heteroatoms. The third kappa shape index (κ3) is 3.29. The van der Waals surface area contributed by atoms with Gasteiger partial charge < -0.3 is 10.2 Å². The minimum absolute atomic E-state index is 0.0475. The van der Waals surface area contributed by atoms with Crippen molar-refractivity contribution in [2.75, 3.05) is 7.05 Å². The van der Waals surface area contributed by atoms with Crippen LogP contribution in [0.15, 0.2) is 18.2 Å². The van der Waals surface area contributed by atoms with Crippen LogP contribution < -0.4 is 5.32 Å². The fraction of sp³-hybridized carbons (Fsp3) is 0.500. The zero-order valence-corrected chi connectivity index (χ0v) is 11.1. The van der Waals surface area contributed by atoms with Crippen molar-refractivity contribution in [2.24, 2.45) is 0 Å². The van der Waals surface area contributed by atoms with E-state index in [4.69, 9.17) is 0 Å². The van der Waals surface area contributed by atoms with E-state index < -0.39 is 11.6 Å². The summed E-state index contributed by atoms with van der Waals surface area (Å²) in [4.78, 5) is 13.9. The van der Waals surface area contributed by atoms with E-state index in [2.05, 4.69) is 5.32 Å². The largest absolute Gasteiger partial charge is 0.334 e. The third-order valence-electron chi connectivity index (χ3n) is 3.43. The van der Waals surface area contributed by atoms with E-state index in [1.165, 1.54) is 12.1 Å². The summed E-state index contributed by atoms with van der Waals surface area (Å²) in [7, 11) is 1.71. The fourth-order valence-corrected chi connectivity index (χ4v) is 1.98. The number of amides is 1. The number of nitrogens with one attached hydrogen (secondary N) is 1. The number of hydrogen-bond acceptors (Lipinski definition) is 2. The number of halogens is 2. The van der Waals surface area contributed by atoms with Crippen molar-refractivity contribution in [3.05, 3.63) is 35.4 Å². The molecule has 1 aromatic carbocycles. The Hall–Kier alpha value is -1.49. The van der Waals surface area contributed by atoms with E-state index >= 15 is 0 Å². The maximum Gasteiger partial charge on any atom is 0.239 e. The van der Waals surface area contributed by atoms with Crippen LogP contribution in [0.4, 0.5) is 8.78 Å². The van der Waals surface area contributed by atoms with Gasteiger partial charge in [0.15, 0.2) is 0 Å². The molecule has 1 atom stereocenters. The number of hydrogen-bond donors (Lipinski definition) is 1. The van der Waals surface area contributed by atoms with E-state index in [0.29, 0.717) is 5.56 Å². The van der Waals surface area contributed by atoms with Crippen molar-refractivity contribution in [3.8, 4) is 0 Å². The number of carbonyl (C=O) groups excluding carboxylic acids is 1. The molecule has 0 aromatic heterocycles. The molecule has 1 aromatic rings. The first-order valence-electron chi connectivity index (χ1n) is 6.44. The summed E-state index contributed by atoms with van der Waals surface area (Å²) in [5.74, 6) is -1.25. The minimum Gasteiger partial charge on any atom is -0.334 e. The standard InChI is InChI=1S/C14H18F2N2O/c1-9(17-2)14(19)18(12-5-6-12)8-10-3-4-11(15)7-13(10)16/h3-4,7,9,12,17H,5-6,8H2,1-2H3. The van der Waals surface area contributed by atoms with Gasteiger partial charge in [-0.3, -0.25) is 4.79 Å². The van der Waals surface area contributed by atoms with Gasteiger partial charge in [0.25, 0.3) is 0 Å². The zero-order chi connectivity index (χ0) is 14.0. The molecule has 1 saturated carbocycles. The number of carbonyl (C=O) groups is 1. The lowest BCUT2D eigenvalue weighted by Crippen LogP contribution is -2.44. The summed E-state index contributed by atoms with van der Waals surface area (Å²) in [5, 5.41) is 2.89. The molecule has 104 valence electrons. The summed E-state index contributed by atoms with van der Waals surface area (Å²) in [6, 6.07) is 3.36. The summed E-state index contributed by atoms with van der Waals surface area (Å²) in [6.07, 6.45) is 1.90. The molecule has 19 heavy (non-hydrogen) atoms. The van der Waals surface area contributed by atoms with Crippen molar-refractivity contribution in [3.63, 3.8) is 0 Å². The predicted octanol–water partition coefficient (Wildman–Crippen LogP) is 2.06. The molecular weight excluding hydrogens is 250 g/mol. The van der Waals surface area contributed by atoms with E-state index in [0.717, 1.165) is 18.9 Å². The Morgan fingerprint density at radius 3 is 2.68 bits per heavy atom. The molecule has 1 unspecified atom stereocenters. The van der Waals surface area contributed by atoms with Crippen molar-refractivity contribution in [1.29, 1.82) is 0 Å². The van der Waals surface area contributed by atoms with Crippen LogP contribution in [0.25, 0.3) is 0 Å². The third-order valence-corrected chi connectivity index (χ3v) is 3.43. The fourth-order valence-electron chi connectivity index (χ4n) is 1.98. The second kappa shape index (κ2) is 5.65. The molecule has 1 N–H and O–H groups in total. The topological polar surface area (TPSA) is 32.3 Å². The molecule has 0 aliphatic heterocycles. The molecule has 0 bridgehead atoms. The Labute approximate surface area is 111 Å². The quantitative estimate of drug-likeness (QED) is 0.886.